The molecule has 0 aromatic carbocycles. The summed E-state index contributed by atoms with van der Waals surface area (Å²) in [4.78, 5) is 15.7. The van der Waals surface area contributed by atoms with Gasteiger partial charge in [-0.25, -0.2) is 0 Å². The third kappa shape index (κ3) is 2.57. The quantitative estimate of drug-likeness (QED) is 0.449. The van der Waals surface area contributed by atoms with Gasteiger partial charge < -0.3 is 4.42 Å². The van der Waals surface area contributed by atoms with Crippen LogP contribution in [0.3, 0.4) is 0 Å². The Labute approximate surface area is 92.4 Å². The maximum Gasteiger partial charge on any atom is 0.202 e. The van der Waals surface area contributed by atoms with Crippen molar-refractivity contribution in [2.24, 2.45) is 4.99 Å². The average molecular weight is 224 g/mol. The van der Waals surface area contributed by atoms with Crippen molar-refractivity contribution in [1.29, 1.82) is 0 Å². The van der Waals surface area contributed by atoms with Gasteiger partial charge in [-0.05, 0) is 17.7 Å². The number of dihydropyridines is 1. The van der Waals surface area contributed by atoms with Crippen molar-refractivity contribution < 1.29 is 9.21 Å². The zero-order valence-electron chi connectivity index (χ0n) is 8.02. The van der Waals surface area contributed by atoms with Crippen LogP contribution in [0, 0.1) is 0 Å². The second-order valence-corrected chi connectivity index (χ2v) is 3.81. The van der Waals surface area contributed by atoms with E-state index in [4.69, 9.17) is 16.0 Å². The number of hydrogen-bond donors (Lipinski definition) is 0. The van der Waals surface area contributed by atoms with E-state index in [2.05, 4.69) is 4.99 Å². The highest BCUT2D eigenvalue weighted by atomic mass is 35.5. The van der Waals surface area contributed by atoms with E-state index in [1.807, 2.05) is 6.08 Å². The minimum absolute atomic E-state index is 0.0364. The monoisotopic (exact) mass is 223 g/mol. The molecule has 1 atom stereocenters. The molecule has 1 aromatic heterocycles. The highest BCUT2D eigenvalue weighted by Gasteiger charge is 2.13. The molecule has 1 aliphatic rings. The Morgan fingerprint density at radius 1 is 1.67 bits per heavy atom. The van der Waals surface area contributed by atoms with Crippen LogP contribution in [0.2, 0.25) is 0 Å². The van der Waals surface area contributed by atoms with Crippen LogP contribution in [0.25, 0.3) is 0 Å². The number of alkyl halides is 1. The van der Waals surface area contributed by atoms with E-state index < -0.39 is 0 Å². The van der Waals surface area contributed by atoms with Crippen LogP contribution in [-0.4, -0.2) is 17.5 Å². The Balaban J connectivity index is 1.99. The molecule has 0 fully saturated rings. The minimum Gasteiger partial charge on any atom is -0.461 e. The van der Waals surface area contributed by atoms with Crippen LogP contribution < -0.4 is 0 Å². The molecule has 0 saturated carbocycles. The molecule has 15 heavy (non-hydrogen) atoms. The Morgan fingerprint density at radius 3 is 3.13 bits per heavy atom. The van der Waals surface area contributed by atoms with Crippen molar-refractivity contribution in [2.75, 3.05) is 0 Å². The zero-order valence-corrected chi connectivity index (χ0v) is 8.78. The predicted molar refractivity (Wildman–Crippen MR) is 58.5 cm³/mol. The van der Waals surface area contributed by atoms with Gasteiger partial charge in [-0.1, -0.05) is 17.7 Å². The highest BCUT2D eigenvalue weighted by Crippen LogP contribution is 2.16. The molecule has 2 heterocycles. The summed E-state index contributed by atoms with van der Waals surface area (Å²) in [5, 5.41) is 0. The first kappa shape index (κ1) is 10.2. The lowest BCUT2D eigenvalue weighted by Gasteiger charge is -2.08. The van der Waals surface area contributed by atoms with Crippen LogP contribution in [0.5, 0.6) is 0 Å². The largest absolute Gasteiger partial charge is 0.461 e. The summed E-state index contributed by atoms with van der Waals surface area (Å²) < 4.78 is 5.01. The average Bonchev–Trinajstić information content (AvgIpc) is 2.74. The third-order valence-corrected chi connectivity index (χ3v) is 2.43. The number of carbonyl (C=O) groups is 1. The van der Waals surface area contributed by atoms with Crippen LogP contribution in [0.1, 0.15) is 23.4 Å². The number of ketones is 1. The van der Waals surface area contributed by atoms with Crippen molar-refractivity contribution in [2.45, 2.75) is 18.3 Å². The Bertz CT molecular complexity index is 406. The molecular formula is C11H10ClNO2. The third-order valence-electron chi connectivity index (χ3n) is 2.14. The molecule has 1 aliphatic heterocycles. The minimum atomic E-state index is -0.188. The first-order valence-corrected chi connectivity index (χ1v) is 5.12. The molecule has 3 nitrogen and oxygen atoms in total. The zero-order chi connectivity index (χ0) is 10.7. The van der Waals surface area contributed by atoms with Crippen molar-refractivity contribution in [3.8, 4) is 0 Å². The summed E-state index contributed by atoms with van der Waals surface area (Å²) in [5.41, 5.74) is 0.709. The number of aliphatic imine (C=N–C) groups is 1. The van der Waals surface area contributed by atoms with E-state index in [-0.39, 0.29) is 11.3 Å². The number of allylic oxidation sites excluding steroid dienone is 1. The first-order chi connectivity index (χ1) is 7.25. The maximum atomic E-state index is 11.6. The van der Waals surface area contributed by atoms with Gasteiger partial charge in [0.15, 0.2) is 5.76 Å². The number of furan rings is 1. The van der Waals surface area contributed by atoms with E-state index in [0.717, 1.165) is 5.57 Å². The summed E-state index contributed by atoms with van der Waals surface area (Å²) in [5.74, 6) is 0.350. The molecule has 0 aliphatic carbocycles. The van der Waals surface area contributed by atoms with Crippen molar-refractivity contribution in [3.05, 3.63) is 35.8 Å². The van der Waals surface area contributed by atoms with Gasteiger partial charge in [0, 0.05) is 19.1 Å². The lowest BCUT2D eigenvalue weighted by molar-refractivity contribution is 0.0968. The molecule has 0 bridgehead atoms. The Morgan fingerprint density at radius 2 is 2.53 bits per heavy atom. The van der Waals surface area contributed by atoms with E-state index in [1.54, 1.807) is 18.3 Å². The predicted octanol–water partition coefficient (Wildman–Crippen LogP) is 2.82. The number of halogens is 1. The van der Waals surface area contributed by atoms with E-state index in [0.29, 0.717) is 18.6 Å². The molecule has 2 rings (SSSR count). The number of hydrogen-bond acceptors (Lipinski definition) is 3. The fourth-order valence-corrected chi connectivity index (χ4v) is 1.51. The van der Waals surface area contributed by atoms with Gasteiger partial charge in [-0.15, -0.1) is 0 Å². The van der Waals surface area contributed by atoms with E-state index in [1.165, 1.54) is 6.26 Å². The second kappa shape index (κ2) is 4.45. The van der Waals surface area contributed by atoms with E-state index >= 15 is 0 Å². The molecule has 1 aromatic rings. The molecule has 1 unspecified atom stereocenters. The van der Waals surface area contributed by atoms with Crippen LogP contribution in [0.15, 0.2) is 39.5 Å². The summed E-state index contributed by atoms with van der Waals surface area (Å²) in [7, 11) is 0. The van der Waals surface area contributed by atoms with Gasteiger partial charge in [-0.3, -0.25) is 9.79 Å². The summed E-state index contributed by atoms with van der Waals surface area (Å²) in [6.07, 6.45) is 6.08. The number of carbonyl (C=O) groups excluding carboxylic acids is 1. The summed E-state index contributed by atoms with van der Waals surface area (Å²) in [6, 6.07) is 3.36. The summed E-state index contributed by atoms with van der Waals surface area (Å²) >= 11 is 5.77. The molecule has 0 spiro atoms. The smallest absolute Gasteiger partial charge is 0.202 e. The lowest BCUT2D eigenvalue weighted by Crippen LogP contribution is -2.06. The molecule has 0 amide bonds. The van der Waals surface area contributed by atoms with Crippen molar-refractivity contribution in [3.63, 3.8) is 0 Å². The van der Waals surface area contributed by atoms with Crippen LogP contribution >= 0.6 is 11.6 Å². The van der Waals surface area contributed by atoms with Gasteiger partial charge in [0.25, 0.3) is 0 Å². The Hall–Kier alpha value is -1.35. The fraction of sp³-hybridized carbons (Fsp3) is 0.273. The van der Waals surface area contributed by atoms with Crippen molar-refractivity contribution in [1.82, 2.24) is 0 Å². The molecule has 0 N–H and O–H groups in total. The Kier molecular flexibility index (Phi) is 3.02. The first-order valence-electron chi connectivity index (χ1n) is 4.68. The SMILES string of the molecule is O=C(CC1=CCC(Cl)N=C1)c1ccco1. The molecule has 78 valence electrons. The molecular weight excluding hydrogens is 214 g/mol. The number of Topliss-reactive ketones (excluding diaryl/α,β-unsaturated/α-hetero) is 1. The lowest BCUT2D eigenvalue weighted by atomic mass is 10.1. The number of rotatable bonds is 3. The molecule has 0 saturated heterocycles. The van der Waals surface area contributed by atoms with Crippen LogP contribution in [-0.2, 0) is 0 Å². The fourth-order valence-electron chi connectivity index (χ4n) is 1.37. The van der Waals surface area contributed by atoms with E-state index in [9.17, 15) is 4.79 Å². The van der Waals surface area contributed by atoms with Gasteiger partial charge in [0.1, 0.15) is 5.50 Å². The number of nitrogens with zero attached hydrogens (tertiary/aromatic N) is 1. The van der Waals surface area contributed by atoms with Gasteiger partial charge in [0.2, 0.25) is 5.78 Å². The normalized spacial score (nSPS) is 20.1. The molecule has 4 heteroatoms. The maximum absolute atomic E-state index is 11.6. The standard InChI is InChI=1S/C11H10ClNO2/c12-11-4-3-8(7-13-11)6-9(14)10-2-1-5-15-10/h1-3,5,7,11H,4,6H2. The van der Waals surface area contributed by atoms with Gasteiger partial charge in [0.05, 0.1) is 6.26 Å². The molecule has 0 radical (unpaired) electrons. The van der Waals surface area contributed by atoms with Crippen LogP contribution in [0.4, 0.5) is 0 Å². The van der Waals surface area contributed by atoms with Gasteiger partial charge in [-0.2, -0.15) is 0 Å². The topological polar surface area (TPSA) is 42.6 Å². The highest BCUT2D eigenvalue weighted by molar-refractivity contribution is 6.21. The second-order valence-electron chi connectivity index (χ2n) is 3.30. The summed E-state index contributed by atoms with van der Waals surface area (Å²) in [6.45, 7) is 0. The van der Waals surface area contributed by atoms with Crippen molar-refractivity contribution >= 4 is 23.6 Å². The van der Waals surface area contributed by atoms with Gasteiger partial charge >= 0.3 is 0 Å².